The van der Waals surface area contributed by atoms with Crippen molar-refractivity contribution in [2.45, 2.75) is 115 Å². The van der Waals surface area contributed by atoms with Gasteiger partial charge in [0, 0.05) is 149 Å². The standard InChI is InChI=1S/C65H85F2N11O8/c1-42-28-75(34-58(79)77-40-64(3,4)60-56(77)24-46(62(81)71-60)22-44-10-14-48(66)15-11-44)52(26-68-42)30-73-18-20-85-54(32-73)38-83-36-50-8-7-9-51(70-50)37-84-39-55-33-74(19-21-86-55)31-53-27-69-43(2)29-76(53)35-59(80)78-41-65(5,6)61-57(78)25-47(63(82)72-61)23-45-12-16-49(67)17-13-45/h7-17,24-25,42-43,52-55,68-69H,18-23,26-41H2,1-6H3,(H,71,81)(H,72,82)/t42-,43-,52-,53-,54+,55+/m1/s1. The molecule has 19 nitrogen and oxygen atoms in total. The van der Waals surface area contributed by atoms with Crippen molar-refractivity contribution in [1.82, 2.24) is 45.2 Å². The summed E-state index contributed by atoms with van der Waals surface area (Å²) >= 11 is 0. The first kappa shape index (κ1) is 61.5. The molecule has 5 aromatic rings. The van der Waals surface area contributed by atoms with E-state index in [1.807, 2.05) is 67.8 Å². The van der Waals surface area contributed by atoms with Crippen LogP contribution in [0, 0.1) is 11.6 Å². The molecule has 11 rings (SSSR count). The summed E-state index contributed by atoms with van der Waals surface area (Å²) in [4.78, 5) is 79.5. The Bertz CT molecular complexity index is 3100. The summed E-state index contributed by atoms with van der Waals surface area (Å²) in [5.74, 6) is -0.678. The number of benzene rings is 2. The van der Waals surface area contributed by atoms with Gasteiger partial charge in [0.25, 0.3) is 11.1 Å². The molecule has 0 spiro atoms. The minimum absolute atomic E-state index is 0.00773. The minimum Gasteiger partial charge on any atom is -0.373 e. The van der Waals surface area contributed by atoms with Crippen LogP contribution in [0.1, 0.15) is 86.6 Å². The van der Waals surface area contributed by atoms with Crippen molar-refractivity contribution < 1.29 is 37.3 Å². The van der Waals surface area contributed by atoms with Crippen LogP contribution >= 0.6 is 0 Å². The number of nitrogens with zero attached hydrogens (tertiary/aromatic N) is 7. The number of aromatic nitrogens is 3. The zero-order valence-corrected chi connectivity index (χ0v) is 50.7. The van der Waals surface area contributed by atoms with Crippen LogP contribution in [0.2, 0.25) is 0 Å². The third-order valence-electron chi connectivity index (χ3n) is 17.9. The molecule has 6 aliphatic rings. The van der Waals surface area contributed by atoms with Gasteiger partial charge < -0.3 is 49.3 Å². The Balaban J connectivity index is 0.624. The van der Waals surface area contributed by atoms with E-state index in [1.54, 1.807) is 24.3 Å². The van der Waals surface area contributed by atoms with E-state index in [4.69, 9.17) is 23.9 Å². The average Bonchev–Trinajstić information content (AvgIpc) is 1.69. The van der Waals surface area contributed by atoms with Crippen LogP contribution in [0.25, 0.3) is 0 Å². The summed E-state index contributed by atoms with van der Waals surface area (Å²) in [6, 6.07) is 22.5. The van der Waals surface area contributed by atoms with E-state index < -0.39 is 10.8 Å². The predicted molar refractivity (Wildman–Crippen MR) is 325 cm³/mol. The summed E-state index contributed by atoms with van der Waals surface area (Å²) < 4.78 is 52.2. The second kappa shape index (κ2) is 26.7. The Labute approximate surface area is 502 Å². The topological polar surface area (TPSA) is 193 Å². The van der Waals surface area contributed by atoms with E-state index in [1.165, 1.54) is 24.3 Å². The number of carbonyl (C=O) groups is 2. The number of pyridine rings is 3. The molecule has 86 heavy (non-hydrogen) atoms. The van der Waals surface area contributed by atoms with Gasteiger partial charge in [-0.15, -0.1) is 0 Å². The van der Waals surface area contributed by atoms with Crippen LogP contribution in [0.3, 0.4) is 0 Å². The number of piperazine rings is 2. The van der Waals surface area contributed by atoms with Gasteiger partial charge in [0.2, 0.25) is 11.8 Å². The van der Waals surface area contributed by atoms with Crippen molar-refractivity contribution in [1.29, 1.82) is 0 Å². The van der Waals surface area contributed by atoms with Crippen LogP contribution in [-0.2, 0) is 65.4 Å². The second-order valence-electron chi connectivity index (χ2n) is 26.0. The highest BCUT2D eigenvalue weighted by atomic mass is 19.1. The van der Waals surface area contributed by atoms with E-state index >= 15 is 0 Å². The van der Waals surface area contributed by atoms with E-state index in [-0.39, 0.29) is 84.0 Å². The second-order valence-corrected chi connectivity index (χ2v) is 26.0. The summed E-state index contributed by atoms with van der Waals surface area (Å²) in [5.41, 5.74) is 6.03. The summed E-state index contributed by atoms with van der Waals surface area (Å²) in [5, 5.41) is 7.28. The van der Waals surface area contributed by atoms with Gasteiger partial charge in [-0.25, -0.2) is 8.78 Å². The van der Waals surface area contributed by atoms with Crippen molar-refractivity contribution in [2.75, 3.05) is 128 Å². The molecule has 0 unspecified atom stereocenters. The maximum atomic E-state index is 14.4. The Morgan fingerprint density at radius 3 is 1.45 bits per heavy atom. The molecule has 3 aromatic heterocycles. The molecule has 6 atom stereocenters. The van der Waals surface area contributed by atoms with Crippen molar-refractivity contribution in [3.05, 3.63) is 156 Å². The molecule has 2 amide bonds. The van der Waals surface area contributed by atoms with Crippen molar-refractivity contribution in [2.24, 2.45) is 0 Å². The first-order chi connectivity index (χ1) is 41.3. The number of amides is 2. The number of ether oxygens (including phenoxy) is 4. The summed E-state index contributed by atoms with van der Waals surface area (Å²) in [6.45, 7) is 23.9. The van der Waals surface area contributed by atoms with Gasteiger partial charge in [-0.2, -0.15) is 0 Å². The number of nitrogens with one attached hydrogen (secondary N) is 4. The van der Waals surface area contributed by atoms with Gasteiger partial charge in [-0.3, -0.25) is 43.8 Å². The molecule has 4 saturated heterocycles. The fourth-order valence-electron chi connectivity index (χ4n) is 13.3. The molecule has 4 fully saturated rings. The molecule has 21 heteroatoms. The highest BCUT2D eigenvalue weighted by Crippen LogP contribution is 2.41. The number of morpholine rings is 2. The molecule has 0 saturated carbocycles. The molecule has 2 aromatic carbocycles. The fourth-order valence-corrected chi connectivity index (χ4v) is 13.3. The van der Waals surface area contributed by atoms with E-state index in [0.29, 0.717) is 89.8 Å². The third-order valence-corrected chi connectivity index (χ3v) is 17.9. The molecule has 0 bridgehead atoms. The summed E-state index contributed by atoms with van der Waals surface area (Å²) in [6.07, 6.45) is 0.409. The van der Waals surface area contributed by atoms with Gasteiger partial charge in [0.05, 0.1) is 87.7 Å². The van der Waals surface area contributed by atoms with Gasteiger partial charge in [0.15, 0.2) is 0 Å². The third kappa shape index (κ3) is 14.9. The lowest BCUT2D eigenvalue weighted by Gasteiger charge is -2.43. The van der Waals surface area contributed by atoms with Gasteiger partial charge >= 0.3 is 0 Å². The molecular weight excluding hydrogens is 1100 g/mol. The van der Waals surface area contributed by atoms with E-state index in [9.17, 15) is 28.0 Å². The van der Waals surface area contributed by atoms with Gasteiger partial charge in [-0.1, -0.05) is 58.0 Å². The number of fused-ring (bicyclic) bond motifs is 2. The van der Waals surface area contributed by atoms with Crippen LogP contribution in [0.4, 0.5) is 20.2 Å². The molecule has 0 radical (unpaired) electrons. The van der Waals surface area contributed by atoms with Gasteiger partial charge in [-0.05, 0) is 73.5 Å². The SMILES string of the molecule is C[C@@H]1CN(CC(=O)N2CC(C)(C)c3[nH]c(=O)c(Cc4ccc(F)cc4)cc32)[C@@H](CN2CCO[C@H](COCc3cccc(COC[C@@H]4CN(C[C@H]5CN[C@H](C)CN5CC(=O)N5CC(C)(C)c6[nH]c(=O)c(Cc7ccc(F)cc7)cc65)CCO4)n3)C2)CN1. The Morgan fingerprint density at radius 1 is 0.616 bits per heavy atom. The highest BCUT2D eigenvalue weighted by molar-refractivity contribution is 5.98. The number of H-pyrrole nitrogens is 2. The number of anilines is 2. The smallest absolute Gasteiger partial charge is 0.251 e. The lowest BCUT2D eigenvalue weighted by atomic mass is 9.91. The zero-order valence-electron chi connectivity index (χ0n) is 50.7. The largest absolute Gasteiger partial charge is 0.373 e. The van der Waals surface area contributed by atoms with Crippen LogP contribution in [0.15, 0.2) is 88.5 Å². The van der Waals surface area contributed by atoms with Gasteiger partial charge in [0.1, 0.15) is 11.6 Å². The number of hydrogen-bond acceptors (Lipinski definition) is 15. The maximum absolute atomic E-state index is 14.4. The molecule has 0 aliphatic carbocycles. The Kier molecular flexibility index (Phi) is 19.1. The monoisotopic (exact) mass is 1190 g/mol. The lowest BCUT2D eigenvalue weighted by molar-refractivity contribution is -0.122. The highest BCUT2D eigenvalue weighted by Gasteiger charge is 2.43. The number of halogens is 2. The maximum Gasteiger partial charge on any atom is 0.251 e. The van der Waals surface area contributed by atoms with Crippen LogP contribution in [0.5, 0.6) is 0 Å². The zero-order chi connectivity index (χ0) is 60.3. The quantitative estimate of drug-likeness (QED) is 0.0861. The molecule has 4 N–H and O–H groups in total. The molecule has 6 aliphatic heterocycles. The van der Waals surface area contributed by atoms with E-state index in [0.717, 1.165) is 97.6 Å². The Morgan fingerprint density at radius 2 is 1.03 bits per heavy atom. The number of carbonyl (C=O) groups excluding carboxylic acids is 2. The molecule has 9 heterocycles. The van der Waals surface area contributed by atoms with Crippen molar-refractivity contribution in [3.8, 4) is 0 Å². The van der Waals surface area contributed by atoms with Crippen molar-refractivity contribution in [3.63, 3.8) is 0 Å². The molecular formula is C65H85F2N11O8. The Hall–Kier alpha value is -6.11. The first-order valence-corrected chi connectivity index (χ1v) is 30.6. The predicted octanol–water partition coefficient (Wildman–Crippen LogP) is 4.33. The van der Waals surface area contributed by atoms with Crippen LogP contribution in [-0.4, -0.2) is 201 Å². The number of hydrogen-bond donors (Lipinski definition) is 4. The fraction of sp³-hybridized carbons (Fsp3) is 0.554. The van der Waals surface area contributed by atoms with E-state index in [2.05, 4.69) is 54.0 Å². The minimum atomic E-state index is -0.439. The lowest BCUT2D eigenvalue weighted by Crippen LogP contribution is -2.61. The van der Waals surface area contributed by atoms with Crippen LogP contribution < -0.4 is 31.6 Å². The average molecular weight is 1190 g/mol. The normalized spacial score (nSPS) is 24.5. The van der Waals surface area contributed by atoms with Crippen molar-refractivity contribution >= 4 is 23.2 Å². The number of aromatic amines is 2. The molecule has 462 valence electrons. The summed E-state index contributed by atoms with van der Waals surface area (Å²) in [7, 11) is 0. The number of rotatable bonds is 20. The first-order valence-electron chi connectivity index (χ1n) is 30.6.